The van der Waals surface area contributed by atoms with Crippen molar-refractivity contribution in [3.05, 3.63) is 77.6 Å². The van der Waals surface area contributed by atoms with Gasteiger partial charge in [-0.05, 0) is 44.4 Å². The van der Waals surface area contributed by atoms with Crippen molar-refractivity contribution in [2.24, 2.45) is 4.99 Å². The standard InChI is InChI=1S/C30H33ClFN7O2/c1-5-6-13-38(20(2)15-35-18-40)28(33-4)22-14-23(31)26(21-9-7-8-10-24(21)32)37-29(22)39(19-41)25-16-34-17-36-27(25)30(3)11-12-30/h5,7-10,14,16-20H,1,6,11-13,15H2,2-4H3,(H,35,40). The highest BCUT2D eigenvalue weighted by Gasteiger charge is 2.43. The Morgan fingerprint density at radius 3 is 2.71 bits per heavy atom. The molecular weight excluding hydrogens is 545 g/mol. The number of benzene rings is 1. The summed E-state index contributed by atoms with van der Waals surface area (Å²) in [4.78, 5) is 45.5. The number of amidine groups is 1. The molecule has 2 heterocycles. The smallest absolute Gasteiger partial charge is 0.220 e. The van der Waals surface area contributed by atoms with Crippen LogP contribution in [-0.2, 0) is 15.0 Å². The highest BCUT2D eigenvalue weighted by Crippen LogP contribution is 2.50. The van der Waals surface area contributed by atoms with Gasteiger partial charge < -0.3 is 10.2 Å². The van der Waals surface area contributed by atoms with E-state index in [9.17, 15) is 14.0 Å². The van der Waals surface area contributed by atoms with Crippen LogP contribution in [0.2, 0.25) is 5.02 Å². The average molecular weight is 578 g/mol. The van der Waals surface area contributed by atoms with Crippen molar-refractivity contribution in [1.29, 1.82) is 0 Å². The molecule has 2 amide bonds. The van der Waals surface area contributed by atoms with Gasteiger partial charge in [0.1, 0.15) is 18.0 Å². The molecule has 0 aliphatic heterocycles. The lowest BCUT2D eigenvalue weighted by Gasteiger charge is -2.33. The molecule has 11 heteroatoms. The first-order valence-electron chi connectivity index (χ1n) is 13.3. The lowest BCUT2D eigenvalue weighted by molar-refractivity contribution is -0.109. The molecule has 4 rings (SSSR count). The zero-order valence-corrected chi connectivity index (χ0v) is 24.1. The Morgan fingerprint density at radius 2 is 2.07 bits per heavy atom. The van der Waals surface area contributed by atoms with Gasteiger partial charge in [0.25, 0.3) is 0 Å². The number of hydrogen-bond donors (Lipinski definition) is 1. The largest absolute Gasteiger partial charge is 0.357 e. The van der Waals surface area contributed by atoms with Gasteiger partial charge in [-0.2, -0.15) is 0 Å². The van der Waals surface area contributed by atoms with Crippen molar-refractivity contribution >= 4 is 41.8 Å². The summed E-state index contributed by atoms with van der Waals surface area (Å²) in [6, 6.07) is 7.63. The maximum absolute atomic E-state index is 15.0. The van der Waals surface area contributed by atoms with E-state index >= 15 is 0 Å². The quantitative estimate of drug-likeness (QED) is 0.132. The van der Waals surface area contributed by atoms with Crippen LogP contribution < -0.4 is 10.2 Å². The minimum Gasteiger partial charge on any atom is -0.357 e. The number of rotatable bonds is 13. The average Bonchev–Trinajstić information content (AvgIpc) is 3.73. The lowest BCUT2D eigenvalue weighted by atomic mass is 10.0. The fourth-order valence-corrected chi connectivity index (χ4v) is 5.03. The molecule has 1 unspecified atom stereocenters. The highest BCUT2D eigenvalue weighted by molar-refractivity contribution is 6.33. The Hall–Kier alpha value is -4.18. The molecule has 2 aromatic heterocycles. The minimum absolute atomic E-state index is 0.176. The van der Waals surface area contributed by atoms with E-state index < -0.39 is 5.82 Å². The maximum Gasteiger partial charge on any atom is 0.220 e. The SMILES string of the molecule is C=CCCN(C(=NC)c1cc(Cl)c(-c2ccccc2F)nc1N(C=O)c1cncnc1C1(C)CC1)C(C)CNC=O. The summed E-state index contributed by atoms with van der Waals surface area (Å²) in [5.41, 5.74) is 1.81. The van der Waals surface area contributed by atoms with Crippen LogP contribution in [-0.4, -0.2) is 64.7 Å². The van der Waals surface area contributed by atoms with Crippen LogP contribution >= 0.6 is 11.6 Å². The van der Waals surface area contributed by atoms with Crippen LogP contribution in [0.3, 0.4) is 0 Å². The number of carbonyl (C=O) groups is 2. The van der Waals surface area contributed by atoms with Crippen LogP contribution in [0.1, 0.15) is 44.4 Å². The van der Waals surface area contributed by atoms with E-state index in [1.165, 1.54) is 17.3 Å². The lowest BCUT2D eigenvalue weighted by Crippen LogP contribution is -2.45. The van der Waals surface area contributed by atoms with Crippen LogP contribution in [0, 0.1) is 5.82 Å². The second-order valence-corrected chi connectivity index (χ2v) is 10.6. The van der Waals surface area contributed by atoms with Gasteiger partial charge in [-0.25, -0.2) is 19.3 Å². The third-order valence-electron chi connectivity index (χ3n) is 7.27. The van der Waals surface area contributed by atoms with Gasteiger partial charge in [0.05, 0.1) is 33.9 Å². The normalized spacial score (nSPS) is 14.6. The third-order valence-corrected chi connectivity index (χ3v) is 7.56. The van der Waals surface area contributed by atoms with Crippen molar-refractivity contribution in [3.63, 3.8) is 0 Å². The molecule has 0 saturated heterocycles. The van der Waals surface area contributed by atoms with Gasteiger partial charge >= 0.3 is 0 Å². The van der Waals surface area contributed by atoms with E-state index in [0.717, 1.165) is 18.5 Å². The topological polar surface area (TPSA) is 104 Å². The second kappa shape index (κ2) is 13.0. The number of hydrogen-bond acceptors (Lipinski definition) is 6. The van der Waals surface area contributed by atoms with Crippen molar-refractivity contribution in [1.82, 2.24) is 25.2 Å². The molecule has 1 aliphatic rings. The van der Waals surface area contributed by atoms with Crippen LogP contribution in [0.5, 0.6) is 0 Å². The molecule has 9 nitrogen and oxygen atoms in total. The van der Waals surface area contributed by atoms with E-state index in [1.807, 2.05) is 11.8 Å². The molecule has 1 N–H and O–H groups in total. The zero-order valence-electron chi connectivity index (χ0n) is 23.3. The summed E-state index contributed by atoms with van der Waals surface area (Å²) in [5.74, 6) is 0.181. The van der Waals surface area contributed by atoms with Gasteiger partial charge in [0.2, 0.25) is 12.8 Å². The molecule has 1 aromatic carbocycles. The molecule has 0 bridgehead atoms. The molecule has 0 radical (unpaired) electrons. The number of pyridine rings is 1. The third kappa shape index (κ3) is 6.27. The molecule has 3 aromatic rings. The number of anilines is 2. The van der Waals surface area contributed by atoms with Crippen molar-refractivity contribution < 1.29 is 14.0 Å². The van der Waals surface area contributed by atoms with Gasteiger partial charge in [0, 0.05) is 37.2 Å². The molecule has 1 fully saturated rings. The van der Waals surface area contributed by atoms with Gasteiger partial charge in [-0.3, -0.25) is 19.5 Å². The first-order chi connectivity index (χ1) is 19.8. The Morgan fingerprint density at radius 1 is 1.32 bits per heavy atom. The summed E-state index contributed by atoms with van der Waals surface area (Å²) >= 11 is 6.78. The first kappa shape index (κ1) is 29.8. The first-order valence-corrected chi connectivity index (χ1v) is 13.7. The summed E-state index contributed by atoms with van der Waals surface area (Å²) in [6.45, 7) is 8.73. The molecule has 214 valence electrons. The summed E-state index contributed by atoms with van der Waals surface area (Å²) in [7, 11) is 1.63. The second-order valence-electron chi connectivity index (χ2n) is 10.2. The number of amides is 2. The molecule has 1 atom stereocenters. The van der Waals surface area contributed by atoms with Crippen LogP contribution in [0.15, 0.2) is 60.5 Å². The van der Waals surface area contributed by atoms with E-state index in [4.69, 9.17) is 16.6 Å². The minimum atomic E-state index is -0.502. The van der Waals surface area contributed by atoms with Crippen molar-refractivity contribution in [3.8, 4) is 11.3 Å². The maximum atomic E-state index is 15.0. The van der Waals surface area contributed by atoms with E-state index in [-0.39, 0.29) is 33.6 Å². The summed E-state index contributed by atoms with van der Waals surface area (Å²) in [6.07, 6.45) is 8.59. The van der Waals surface area contributed by atoms with E-state index in [0.29, 0.717) is 49.4 Å². The number of halogens is 2. The summed E-state index contributed by atoms with van der Waals surface area (Å²) in [5, 5.41) is 2.90. The number of carbonyl (C=O) groups excluding carboxylic acids is 2. The van der Waals surface area contributed by atoms with Crippen molar-refractivity contribution in [2.45, 2.75) is 44.6 Å². The van der Waals surface area contributed by atoms with Gasteiger partial charge in [-0.15, -0.1) is 6.58 Å². The van der Waals surface area contributed by atoms with E-state index in [1.54, 1.807) is 43.6 Å². The summed E-state index contributed by atoms with van der Waals surface area (Å²) < 4.78 is 15.0. The number of aromatic nitrogens is 3. The molecular formula is C30H33ClFN7O2. The Balaban J connectivity index is 1.97. The number of nitrogens with zero attached hydrogens (tertiary/aromatic N) is 6. The Kier molecular flexibility index (Phi) is 9.44. The zero-order chi connectivity index (χ0) is 29.6. The van der Waals surface area contributed by atoms with Gasteiger partial charge in [-0.1, -0.05) is 36.7 Å². The predicted octanol–water partition coefficient (Wildman–Crippen LogP) is 5.07. The fourth-order valence-electron chi connectivity index (χ4n) is 4.78. The number of aliphatic imine (C=N–C) groups is 1. The van der Waals surface area contributed by atoms with Crippen molar-refractivity contribution in [2.75, 3.05) is 25.0 Å². The number of nitrogens with one attached hydrogen (secondary N) is 1. The Labute approximate surface area is 244 Å². The monoisotopic (exact) mass is 577 g/mol. The Bertz CT molecular complexity index is 1460. The van der Waals surface area contributed by atoms with Crippen LogP contribution in [0.25, 0.3) is 11.3 Å². The highest BCUT2D eigenvalue weighted by atomic mass is 35.5. The molecule has 41 heavy (non-hydrogen) atoms. The van der Waals surface area contributed by atoms with Crippen LogP contribution in [0.4, 0.5) is 15.9 Å². The molecule has 1 saturated carbocycles. The molecule has 0 spiro atoms. The van der Waals surface area contributed by atoms with Gasteiger partial charge in [0.15, 0.2) is 5.82 Å². The van der Waals surface area contributed by atoms with E-state index in [2.05, 4.69) is 33.8 Å². The predicted molar refractivity (Wildman–Crippen MR) is 159 cm³/mol. The fraction of sp³-hybridized carbons (Fsp3) is 0.333. The molecule has 1 aliphatic carbocycles.